The van der Waals surface area contributed by atoms with Crippen LogP contribution in [0, 0.1) is 11.8 Å². The molecule has 1 saturated heterocycles. The molecular weight excluding hydrogens is 218 g/mol. The van der Waals surface area contributed by atoms with Crippen LogP contribution in [0.1, 0.15) is 39.0 Å². The molecule has 0 spiro atoms. The molecule has 16 heavy (non-hydrogen) atoms. The van der Waals surface area contributed by atoms with Gasteiger partial charge in [0.2, 0.25) is 0 Å². The maximum absolute atomic E-state index is 10.4. The first kappa shape index (κ1) is 12.7. The lowest BCUT2D eigenvalue weighted by Gasteiger charge is -2.36. The Morgan fingerprint density at radius 3 is 3.00 bits per heavy atom. The molecule has 1 heterocycles. The molecule has 3 unspecified atom stereocenters. The smallest absolute Gasteiger partial charge is 0.0774 e. The largest absolute Gasteiger partial charge is 0.389 e. The molecule has 3 atom stereocenters. The Balaban J connectivity index is 1.67. The fraction of sp³-hybridized carbons (Fsp3) is 1.00. The molecule has 0 aromatic carbocycles. The van der Waals surface area contributed by atoms with E-state index in [4.69, 9.17) is 0 Å². The van der Waals surface area contributed by atoms with Gasteiger partial charge in [-0.1, -0.05) is 19.8 Å². The highest BCUT2D eigenvalue weighted by molar-refractivity contribution is 7.99. The van der Waals surface area contributed by atoms with Gasteiger partial charge in [-0.25, -0.2) is 0 Å². The van der Waals surface area contributed by atoms with Crippen LogP contribution in [0.2, 0.25) is 0 Å². The maximum Gasteiger partial charge on any atom is 0.0774 e. The van der Waals surface area contributed by atoms with Crippen LogP contribution in [-0.4, -0.2) is 35.3 Å². The lowest BCUT2D eigenvalue weighted by Crippen LogP contribution is -2.45. The van der Waals surface area contributed by atoms with Crippen LogP contribution in [0.5, 0.6) is 0 Å². The average Bonchev–Trinajstić information content (AvgIpc) is 2.69. The van der Waals surface area contributed by atoms with Crippen molar-refractivity contribution in [2.45, 2.75) is 44.6 Å². The third kappa shape index (κ3) is 3.64. The van der Waals surface area contributed by atoms with Gasteiger partial charge in [-0.05, 0) is 49.1 Å². The predicted molar refractivity (Wildman–Crippen MR) is 70.9 cm³/mol. The van der Waals surface area contributed by atoms with Crippen molar-refractivity contribution in [2.24, 2.45) is 11.8 Å². The fourth-order valence-corrected chi connectivity index (χ4v) is 4.33. The second-order valence-corrected chi connectivity index (χ2v) is 6.94. The van der Waals surface area contributed by atoms with E-state index in [0.717, 1.165) is 31.8 Å². The molecule has 0 bridgehead atoms. The second-order valence-electron chi connectivity index (χ2n) is 5.79. The van der Waals surface area contributed by atoms with Crippen LogP contribution < -0.4 is 5.32 Å². The van der Waals surface area contributed by atoms with Gasteiger partial charge < -0.3 is 10.4 Å². The number of aliphatic hydroxyl groups is 1. The van der Waals surface area contributed by atoms with E-state index in [9.17, 15) is 5.11 Å². The van der Waals surface area contributed by atoms with Gasteiger partial charge in [-0.2, -0.15) is 11.8 Å². The monoisotopic (exact) mass is 243 g/mol. The molecule has 1 aliphatic carbocycles. The molecule has 1 aliphatic heterocycles. The van der Waals surface area contributed by atoms with Crippen molar-refractivity contribution in [3.63, 3.8) is 0 Å². The topological polar surface area (TPSA) is 32.3 Å². The summed E-state index contributed by atoms with van der Waals surface area (Å²) < 4.78 is 0. The molecule has 94 valence electrons. The van der Waals surface area contributed by atoms with E-state index in [1.54, 1.807) is 0 Å². The molecule has 2 N–H and O–H groups in total. The Morgan fingerprint density at radius 1 is 1.44 bits per heavy atom. The number of thioether (sulfide) groups is 1. The standard InChI is InChI=1S/C13H25NOS/c1-11-3-2-5-13(15,7-11)10-14-8-12-4-6-16-9-12/h11-12,14-15H,2-10H2,1H3. The molecule has 2 rings (SSSR count). The molecule has 3 heteroatoms. The Labute approximate surface area is 104 Å². The predicted octanol–water partition coefficient (Wildman–Crippen LogP) is 2.27. The van der Waals surface area contributed by atoms with E-state index in [0.29, 0.717) is 5.92 Å². The summed E-state index contributed by atoms with van der Waals surface area (Å²) in [6.07, 6.45) is 5.82. The van der Waals surface area contributed by atoms with Crippen molar-refractivity contribution in [1.82, 2.24) is 5.32 Å². The van der Waals surface area contributed by atoms with E-state index in [-0.39, 0.29) is 0 Å². The average molecular weight is 243 g/mol. The summed E-state index contributed by atoms with van der Waals surface area (Å²) in [5.41, 5.74) is -0.413. The van der Waals surface area contributed by atoms with Crippen LogP contribution in [-0.2, 0) is 0 Å². The number of nitrogens with one attached hydrogen (secondary N) is 1. The van der Waals surface area contributed by atoms with Crippen LogP contribution in [0.4, 0.5) is 0 Å². The maximum atomic E-state index is 10.4. The minimum atomic E-state index is -0.413. The second kappa shape index (κ2) is 5.74. The highest BCUT2D eigenvalue weighted by Gasteiger charge is 2.32. The summed E-state index contributed by atoms with van der Waals surface area (Å²) in [5, 5.41) is 13.9. The van der Waals surface area contributed by atoms with E-state index in [1.807, 2.05) is 0 Å². The lowest BCUT2D eigenvalue weighted by molar-refractivity contribution is -0.0120. The third-order valence-corrected chi connectivity index (χ3v) is 5.21. The molecule has 2 fully saturated rings. The number of hydrogen-bond donors (Lipinski definition) is 2. The van der Waals surface area contributed by atoms with Crippen molar-refractivity contribution in [3.8, 4) is 0 Å². The SMILES string of the molecule is CC1CCCC(O)(CNCC2CCSC2)C1. The van der Waals surface area contributed by atoms with Gasteiger partial charge in [-0.15, -0.1) is 0 Å². The zero-order valence-corrected chi connectivity index (χ0v) is 11.2. The summed E-state index contributed by atoms with van der Waals surface area (Å²) in [7, 11) is 0. The van der Waals surface area contributed by atoms with Crippen LogP contribution in [0.25, 0.3) is 0 Å². The molecule has 0 aromatic rings. The highest BCUT2D eigenvalue weighted by Crippen LogP contribution is 2.31. The Hall–Kier alpha value is 0.270. The number of rotatable bonds is 4. The van der Waals surface area contributed by atoms with E-state index < -0.39 is 5.60 Å². The molecular formula is C13H25NOS. The van der Waals surface area contributed by atoms with Crippen molar-refractivity contribution in [1.29, 1.82) is 0 Å². The highest BCUT2D eigenvalue weighted by atomic mass is 32.2. The Kier molecular flexibility index (Phi) is 4.57. The van der Waals surface area contributed by atoms with Gasteiger partial charge in [-0.3, -0.25) is 0 Å². The van der Waals surface area contributed by atoms with E-state index in [1.165, 1.54) is 30.8 Å². The van der Waals surface area contributed by atoms with Crippen LogP contribution in [0.15, 0.2) is 0 Å². The normalized spacial score (nSPS) is 40.1. The summed E-state index contributed by atoms with van der Waals surface area (Å²) >= 11 is 2.07. The van der Waals surface area contributed by atoms with Gasteiger partial charge in [0.1, 0.15) is 0 Å². The fourth-order valence-electron chi connectivity index (χ4n) is 3.05. The van der Waals surface area contributed by atoms with E-state index >= 15 is 0 Å². The molecule has 0 radical (unpaired) electrons. The van der Waals surface area contributed by atoms with Gasteiger partial charge in [0.15, 0.2) is 0 Å². The molecule has 0 amide bonds. The lowest BCUT2D eigenvalue weighted by atomic mass is 9.79. The Morgan fingerprint density at radius 2 is 2.31 bits per heavy atom. The van der Waals surface area contributed by atoms with Gasteiger partial charge in [0.05, 0.1) is 5.60 Å². The van der Waals surface area contributed by atoms with Crippen LogP contribution >= 0.6 is 11.8 Å². The zero-order chi connectivity index (χ0) is 11.4. The first-order valence-corrected chi connectivity index (χ1v) is 7.84. The first-order chi connectivity index (χ1) is 7.68. The van der Waals surface area contributed by atoms with Crippen molar-refractivity contribution >= 4 is 11.8 Å². The number of hydrogen-bond acceptors (Lipinski definition) is 3. The summed E-state index contributed by atoms with van der Waals surface area (Å²) in [5.74, 6) is 4.17. The summed E-state index contributed by atoms with van der Waals surface area (Å²) in [6.45, 7) is 4.17. The quantitative estimate of drug-likeness (QED) is 0.794. The minimum Gasteiger partial charge on any atom is -0.389 e. The molecule has 0 aromatic heterocycles. The van der Waals surface area contributed by atoms with Gasteiger partial charge >= 0.3 is 0 Å². The van der Waals surface area contributed by atoms with Crippen molar-refractivity contribution in [3.05, 3.63) is 0 Å². The Bertz CT molecular complexity index is 218. The van der Waals surface area contributed by atoms with Gasteiger partial charge in [0.25, 0.3) is 0 Å². The first-order valence-electron chi connectivity index (χ1n) is 6.69. The van der Waals surface area contributed by atoms with Crippen molar-refractivity contribution in [2.75, 3.05) is 24.6 Å². The van der Waals surface area contributed by atoms with Crippen molar-refractivity contribution < 1.29 is 5.11 Å². The molecule has 2 aliphatic rings. The molecule has 2 nitrogen and oxygen atoms in total. The minimum absolute atomic E-state index is 0.413. The summed E-state index contributed by atoms with van der Waals surface area (Å²) in [4.78, 5) is 0. The summed E-state index contributed by atoms with van der Waals surface area (Å²) in [6, 6.07) is 0. The van der Waals surface area contributed by atoms with Gasteiger partial charge in [0, 0.05) is 6.54 Å². The molecule has 1 saturated carbocycles. The van der Waals surface area contributed by atoms with Crippen LogP contribution in [0.3, 0.4) is 0 Å². The third-order valence-electron chi connectivity index (χ3n) is 3.98. The zero-order valence-electron chi connectivity index (χ0n) is 10.4. The van der Waals surface area contributed by atoms with E-state index in [2.05, 4.69) is 24.0 Å².